The summed E-state index contributed by atoms with van der Waals surface area (Å²) in [5.41, 5.74) is 1.61. The highest BCUT2D eigenvalue weighted by Gasteiger charge is 2.57. The smallest absolute Gasteiger partial charge is 0.256 e. The number of amides is 3. The predicted molar refractivity (Wildman–Crippen MR) is 131 cm³/mol. The second-order valence-electron chi connectivity index (χ2n) is 9.71. The van der Waals surface area contributed by atoms with Gasteiger partial charge in [-0.3, -0.25) is 14.4 Å². The Morgan fingerprint density at radius 2 is 1.91 bits per heavy atom. The van der Waals surface area contributed by atoms with E-state index in [1.807, 2.05) is 65.8 Å². The van der Waals surface area contributed by atoms with Gasteiger partial charge in [0.2, 0.25) is 11.8 Å². The van der Waals surface area contributed by atoms with Gasteiger partial charge in [-0.05, 0) is 51.7 Å². The molecule has 4 atom stereocenters. The predicted octanol–water partition coefficient (Wildman–Crippen LogP) is 3.50. The lowest BCUT2D eigenvalue weighted by atomic mass is 9.95. The van der Waals surface area contributed by atoms with Gasteiger partial charge in [0.25, 0.3) is 5.91 Å². The van der Waals surface area contributed by atoms with Gasteiger partial charge in [0.05, 0.1) is 6.10 Å². The molecular weight excluding hydrogens is 438 g/mol. The fourth-order valence-corrected chi connectivity index (χ4v) is 6.04. The number of thioether (sulfide) groups is 1. The third kappa shape index (κ3) is 5.38. The molecule has 3 amide bonds. The van der Waals surface area contributed by atoms with Gasteiger partial charge in [0.15, 0.2) is 0 Å². The molecule has 0 aliphatic carbocycles. The molecule has 2 aliphatic rings. The van der Waals surface area contributed by atoms with Crippen molar-refractivity contribution in [2.45, 2.75) is 82.7 Å². The summed E-state index contributed by atoms with van der Waals surface area (Å²) in [6.45, 7) is 13.0. The molecule has 2 aliphatic heterocycles. The fourth-order valence-electron chi connectivity index (χ4n) is 4.45. The molecule has 1 saturated heterocycles. The number of benzene rings is 1. The largest absolute Gasteiger partial charge is 0.379 e. The lowest BCUT2D eigenvalue weighted by molar-refractivity contribution is -0.133. The van der Waals surface area contributed by atoms with Crippen molar-refractivity contribution < 1.29 is 19.1 Å². The molecule has 33 heavy (non-hydrogen) atoms. The van der Waals surface area contributed by atoms with Crippen LogP contribution < -0.4 is 10.6 Å². The molecule has 1 fully saturated rings. The van der Waals surface area contributed by atoms with Crippen molar-refractivity contribution in [2.24, 2.45) is 5.92 Å². The topological polar surface area (TPSA) is 87.7 Å². The van der Waals surface area contributed by atoms with E-state index in [0.29, 0.717) is 25.1 Å². The summed E-state index contributed by atoms with van der Waals surface area (Å²) in [5.74, 6) is -0.637. The highest BCUT2D eigenvalue weighted by atomic mass is 32.2. The average molecular weight is 476 g/mol. The van der Waals surface area contributed by atoms with E-state index in [1.165, 1.54) is 0 Å². The Bertz CT molecular complexity index is 888. The highest BCUT2D eigenvalue weighted by Crippen LogP contribution is 2.56. The van der Waals surface area contributed by atoms with Crippen LogP contribution in [-0.4, -0.2) is 58.7 Å². The van der Waals surface area contributed by atoms with E-state index in [4.69, 9.17) is 4.74 Å². The van der Waals surface area contributed by atoms with Crippen LogP contribution in [0.5, 0.6) is 0 Å². The molecule has 1 aromatic rings. The Morgan fingerprint density at radius 1 is 1.21 bits per heavy atom. The molecule has 2 N–H and O–H groups in total. The van der Waals surface area contributed by atoms with Crippen molar-refractivity contribution in [1.29, 1.82) is 0 Å². The molecule has 0 unspecified atom stereocenters. The number of hydrogen-bond donors (Lipinski definition) is 2. The Labute approximate surface area is 201 Å². The second-order valence-corrected chi connectivity index (χ2v) is 11.4. The average Bonchev–Trinajstić information content (AvgIpc) is 3.20. The first-order valence-electron chi connectivity index (χ1n) is 11.9. The van der Waals surface area contributed by atoms with Crippen LogP contribution in [0.4, 0.5) is 0 Å². The van der Waals surface area contributed by atoms with E-state index >= 15 is 0 Å². The van der Waals surface area contributed by atoms with Gasteiger partial charge >= 0.3 is 0 Å². The van der Waals surface area contributed by atoms with E-state index in [1.54, 1.807) is 16.7 Å². The highest BCUT2D eigenvalue weighted by molar-refractivity contribution is 8.01. The van der Waals surface area contributed by atoms with Crippen molar-refractivity contribution in [3.63, 3.8) is 0 Å². The van der Waals surface area contributed by atoms with Crippen LogP contribution in [0.25, 0.3) is 0 Å². The zero-order valence-corrected chi connectivity index (χ0v) is 21.3. The van der Waals surface area contributed by atoms with E-state index in [9.17, 15) is 14.4 Å². The maximum Gasteiger partial charge on any atom is 0.256 e. The molecule has 8 heteroatoms. The van der Waals surface area contributed by atoms with Gasteiger partial charge < -0.3 is 20.3 Å². The van der Waals surface area contributed by atoms with Crippen LogP contribution in [0.15, 0.2) is 24.3 Å². The first-order chi connectivity index (χ1) is 15.6. The summed E-state index contributed by atoms with van der Waals surface area (Å²) in [6, 6.07) is 6.22. The number of rotatable bonds is 10. The maximum atomic E-state index is 13.6. The molecular formula is C25H37N3O4S. The van der Waals surface area contributed by atoms with Gasteiger partial charge in [-0.2, -0.15) is 0 Å². The summed E-state index contributed by atoms with van der Waals surface area (Å²) >= 11 is 1.62. The number of ether oxygens (including phenoxy) is 1. The number of carbonyl (C=O) groups excluding carboxylic acids is 3. The quantitative estimate of drug-likeness (QED) is 0.506. The number of hydrogen-bond acceptors (Lipinski definition) is 5. The Hall–Kier alpha value is -2.06. The first-order valence-corrected chi connectivity index (χ1v) is 12.8. The van der Waals surface area contributed by atoms with Crippen molar-refractivity contribution in [3.05, 3.63) is 35.4 Å². The molecule has 182 valence electrons. The van der Waals surface area contributed by atoms with Crippen LogP contribution in [0, 0.1) is 5.92 Å². The van der Waals surface area contributed by atoms with Crippen LogP contribution in [0.3, 0.4) is 0 Å². The third-order valence-electron chi connectivity index (χ3n) is 6.41. The molecule has 0 saturated carbocycles. The van der Waals surface area contributed by atoms with E-state index < -0.39 is 16.8 Å². The summed E-state index contributed by atoms with van der Waals surface area (Å²) < 4.78 is 5.04. The molecule has 1 aromatic carbocycles. The Balaban J connectivity index is 1.71. The number of fused-ring (bicyclic) bond motifs is 3. The van der Waals surface area contributed by atoms with Gasteiger partial charge in [-0.1, -0.05) is 38.5 Å². The molecule has 2 heterocycles. The van der Waals surface area contributed by atoms with Crippen molar-refractivity contribution in [2.75, 3.05) is 13.2 Å². The zero-order chi connectivity index (χ0) is 24.3. The molecule has 0 aromatic heterocycles. The Morgan fingerprint density at radius 3 is 2.58 bits per heavy atom. The maximum absolute atomic E-state index is 13.6. The molecule has 0 radical (unpaired) electrons. The molecule has 0 bridgehead atoms. The minimum Gasteiger partial charge on any atom is -0.379 e. The van der Waals surface area contributed by atoms with Crippen molar-refractivity contribution in [3.8, 4) is 0 Å². The van der Waals surface area contributed by atoms with Crippen LogP contribution in [-0.2, 0) is 14.3 Å². The van der Waals surface area contributed by atoms with Gasteiger partial charge in [0, 0.05) is 23.5 Å². The number of carbonyl (C=O) groups is 3. The lowest BCUT2D eigenvalue weighted by Crippen LogP contribution is -2.58. The normalized spacial score (nSPS) is 22.6. The van der Waals surface area contributed by atoms with Crippen molar-refractivity contribution in [1.82, 2.24) is 15.5 Å². The minimum atomic E-state index is -0.661. The van der Waals surface area contributed by atoms with Crippen molar-refractivity contribution >= 4 is 29.5 Å². The molecule has 0 spiro atoms. The Kier molecular flexibility index (Phi) is 8.11. The molecule has 7 nitrogen and oxygen atoms in total. The fraction of sp³-hybridized carbons (Fsp3) is 0.640. The standard InChI is InChI=1S/C25H37N3O4S/c1-7-16(4)19(21(29)26-13-10-14-32-15(2)3)27-22(30)20-25(5,6)33-24-18-12-9-8-11-17(18)23(31)28(20)24/h8-9,11-12,15-16,19-20,24H,7,10,13-14H2,1-6H3,(H,26,29)(H,27,30)/t16-,19+,20-,24+/m1/s1. The first kappa shape index (κ1) is 25.6. The lowest BCUT2D eigenvalue weighted by Gasteiger charge is -2.32. The third-order valence-corrected chi connectivity index (χ3v) is 7.94. The van der Waals surface area contributed by atoms with Gasteiger partial charge in [0.1, 0.15) is 17.5 Å². The van der Waals surface area contributed by atoms with E-state index in [2.05, 4.69) is 10.6 Å². The van der Waals surface area contributed by atoms with Gasteiger partial charge in [-0.25, -0.2) is 0 Å². The summed E-state index contributed by atoms with van der Waals surface area (Å²) in [6.07, 6.45) is 1.61. The number of nitrogens with zero attached hydrogens (tertiary/aromatic N) is 1. The van der Waals surface area contributed by atoms with Crippen LogP contribution in [0.2, 0.25) is 0 Å². The SMILES string of the molecule is CC[C@@H](C)[C@H](NC(=O)[C@H]1N2C(=O)c3ccccc3[C@@H]2SC1(C)C)C(=O)NCCCOC(C)C. The summed E-state index contributed by atoms with van der Waals surface area (Å²) in [5, 5.41) is 5.75. The zero-order valence-electron chi connectivity index (χ0n) is 20.5. The summed E-state index contributed by atoms with van der Waals surface area (Å²) in [7, 11) is 0. The van der Waals surface area contributed by atoms with Gasteiger partial charge in [-0.15, -0.1) is 11.8 Å². The monoisotopic (exact) mass is 475 g/mol. The van der Waals surface area contributed by atoms with Crippen LogP contribution >= 0.6 is 11.8 Å². The van der Waals surface area contributed by atoms with Crippen LogP contribution in [0.1, 0.15) is 75.7 Å². The second kappa shape index (κ2) is 10.5. The van der Waals surface area contributed by atoms with E-state index in [-0.39, 0.29) is 35.1 Å². The number of nitrogens with one attached hydrogen (secondary N) is 2. The minimum absolute atomic E-state index is 0.0414. The van der Waals surface area contributed by atoms with E-state index in [0.717, 1.165) is 12.0 Å². The summed E-state index contributed by atoms with van der Waals surface area (Å²) in [4.78, 5) is 41.4. The molecule has 3 rings (SSSR count).